The van der Waals surface area contributed by atoms with E-state index < -0.39 is 0 Å². The second-order valence-electron chi connectivity index (χ2n) is 6.46. The molecule has 25 heavy (non-hydrogen) atoms. The molecule has 0 radical (unpaired) electrons. The van der Waals surface area contributed by atoms with Gasteiger partial charge in [-0.05, 0) is 25.3 Å². The molecular formula is C19H32N4O2. The van der Waals surface area contributed by atoms with E-state index in [9.17, 15) is 4.79 Å². The van der Waals surface area contributed by atoms with Crippen molar-refractivity contribution in [1.29, 1.82) is 0 Å². The molecule has 0 saturated carbocycles. The monoisotopic (exact) mass is 348 g/mol. The first-order chi connectivity index (χ1) is 12.0. The fraction of sp³-hybridized carbons (Fsp3) is 0.579. The molecule has 1 unspecified atom stereocenters. The molecule has 6 nitrogen and oxygen atoms in total. The van der Waals surface area contributed by atoms with E-state index in [0.29, 0.717) is 38.1 Å². The highest BCUT2D eigenvalue weighted by Crippen LogP contribution is 2.02. The van der Waals surface area contributed by atoms with E-state index in [1.165, 1.54) is 5.56 Å². The summed E-state index contributed by atoms with van der Waals surface area (Å²) in [6.45, 7) is 8.64. The number of ether oxygens (including phenoxy) is 1. The average Bonchev–Trinajstić information content (AvgIpc) is 2.58. The first kappa shape index (κ1) is 21.0. The lowest BCUT2D eigenvalue weighted by atomic mass is 10.2. The summed E-state index contributed by atoms with van der Waals surface area (Å²) in [4.78, 5) is 15.8. The van der Waals surface area contributed by atoms with Gasteiger partial charge >= 0.3 is 0 Å². The van der Waals surface area contributed by atoms with Crippen molar-refractivity contribution in [3.8, 4) is 0 Å². The summed E-state index contributed by atoms with van der Waals surface area (Å²) >= 11 is 0. The third kappa shape index (κ3) is 10.4. The number of nitrogens with one attached hydrogen (secondary N) is 3. The molecule has 0 saturated heterocycles. The van der Waals surface area contributed by atoms with Crippen molar-refractivity contribution in [1.82, 2.24) is 16.0 Å². The van der Waals surface area contributed by atoms with Crippen molar-refractivity contribution in [2.45, 2.75) is 39.8 Å². The Balaban J connectivity index is 2.15. The summed E-state index contributed by atoms with van der Waals surface area (Å²) in [6, 6.07) is 10.3. The fourth-order valence-corrected chi connectivity index (χ4v) is 2.19. The predicted molar refractivity (Wildman–Crippen MR) is 103 cm³/mol. The number of hydrogen-bond acceptors (Lipinski definition) is 3. The van der Waals surface area contributed by atoms with Gasteiger partial charge in [0.05, 0.1) is 13.2 Å². The second-order valence-corrected chi connectivity index (χ2v) is 6.46. The van der Waals surface area contributed by atoms with Crippen LogP contribution in [0.25, 0.3) is 0 Å². The van der Waals surface area contributed by atoms with Crippen LogP contribution in [0, 0.1) is 5.92 Å². The van der Waals surface area contributed by atoms with Crippen LogP contribution in [0.15, 0.2) is 35.3 Å². The maximum absolute atomic E-state index is 11.6. The van der Waals surface area contributed by atoms with Gasteiger partial charge in [-0.3, -0.25) is 9.79 Å². The zero-order chi connectivity index (χ0) is 18.5. The number of rotatable bonds is 10. The zero-order valence-electron chi connectivity index (χ0n) is 15.8. The Labute approximate surface area is 151 Å². The van der Waals surface area contributed by atoms with Gasteiger partial charge in [0.1, 0.15) is 0 Å². The van der Waals surface area contributed by atoms with E-state index in [-0.39, 0.29) is 11.9 Å². The number of amides is 1. The van der Waals surface area contributed by atoms with Gasteiger partial charge in [0.25, 0.3) is 0 Å². The Kier molecular flexibility index (Phi) is 10.3. The van der Waals surface area contributed by atoms with E-state index in [0.717, 1.165) is 6.54 Å². The number of hydrogen-bond donors (Lipinski definition) is 3. The highest BCUT2D eigenvalue weighted by atomic mass is 16.5. The molecule has 1 rings (SSSR count). The zero-order valence-corrected chi connectivity index (χ0v) is 15.8. The largest absolute Gasteiger partial charge is 0.376 e. The highest BCUT2D eigenvalue weighted by Gasteiger charge is 2.06. The topological polar surface area (TPSA) is 74.8 Å². The predicted octanol–water partition coefficient (Wildman–Crippen LogP) is 1.92. The van der Waals surface area contributed by atoms with E-state index in [4.69, 9.17) is 4.74 Å². The van der Waals surface area contributed by atoms with Crippen LogP contribution < -0.4 is 16.0 Å². The molecule has 0 heterocycles. The van der Waals surface area contributed by atoms with Gasteiger partial charge in [0.15, 0.2) is 5.96 Å². The molecule has 1 aromatic rings. The van der Waals surface area contributed by atoms with Gasteiger partial charge in [-0.1, -0.05) is 37.3 Å². The minimum atomic E-state index is 0.0423. The lowest BCUT2D eigenvalue weighted by molar-refractivity contribution is -0.121. The standard InChI is InChI=1S/C19H32N4O2/c1-15(2)23-18(24)10-11-21-19(20-4)22-12-16(3)13-25-14-17-8-6-5-7-9-17/h5-9,15-16H,10-14H2,1-4H3,(H,23,24)(H2,20,21,22). The Hall–Kier alpha value is -2.08. The molecule has 3 N–H and O–H groups in total. The van der Waals surface area contributed by atoms with Gasteiger partial charge in [-0.25, -0.2) is 0 Å². The molecule has 0 spiro atoms. The minimum Gasteiger partial charge on any atom is -0.376 e. The van der Waals surface area contributed by atoms with Crippen LogP contribution in [0.4, 0.5) is 0 Å². The van der Waals surface area contributed by atoms with Crippen LogP contribution in [0.3, 0.4) is 0 Å². The third-order valence-electron chi connectivity index (χ3n) is 3.45. The number of guanidine groups is 1. The summed E-state index contributed by atoms with van der Waals surface area (Å²) in [7, 11) is 1.72. The molecule has 140 valence electrons. The molecule has 0 aliphatic rings. The minimum absolute atomic E-state index is 0.0423. The molecule has 0 fully saturated rings. The molecule has 0 bridgehead atoms. The molecule has 0 aliphatic carbocycles. The first-order valence-electron chi connectivity index (χ1n) is 8.86. The smallest absolute Gasteiger partial charge is 0.221 e. The molecular weight excluding hydrogens is 316 g/mol. The number of nitrogens with zero attached hydrogens (tertiary/aromatic N) is 1. The number of carbonyl (C=O) groups is 1. The van der Waals surface area contributed by atoms with Gasteiger partial charge in [-0.15, -0.1) is 0 Å². The van der Waals surface area contributed by atoms with E-state index in [1.54, 1.807) is 7.05 Å². The maximum atomic E-state index is 11.6. The summed E-state index contributed by atoms with van der Waals surface area (Å²) in [5.74, 6) is 1.10. The summed E-state index contributed by atoms with van der Waals surface area (Å²) in [6.07, 6.45) is 0.425. The Morgan fingerprint density at radius 1 is 1.16 bits per heavy atom. The van der Waals surface area contributed by atoms with Gasteiger partial charge in [0, 0.05) is 32.6 Å². The second kappa shape index (κ2) is 12.3. The van der Waals surface area contributed by atoms with Crippen LogP contribution in [0.1, 0.15) is 32.8 Å². The van der Waals surface area contributed by atoms with Gasteiger partial charge in [-0.2, -0.15) is 0 Å². The van der Waals surface area contributed by atoms with E-state index in [1.807, 2.05) is 32.0 Å². The van der Waals surface area contributed by atoms with Crippen molar-refractivity contribution < 1.29 is 9.53 Å². The lowest BCUT2D eigenvalue weighted by Gasteiger charge is -2.16. The van der Waals surface area contributed by atoms with Crippen LogP contribution in [0.5, 0.6) is 0 Å². The number of benzene rings is 1. The van der Waals surface area contributed by atoms with Crippen molar-refractivity contribution in [3.05, 3.63) is 35.9 Å². The lowest BCUT2D eigenvalue weighted by Crippen LogP contribution is -2.42. The first-order valence-corrected chi connectivity index (χ1v) is 8.86. The maximum Gasteiger partial charge on any atom is 0.221 e. The fourth-order valence-electron chi connectivity index (χ4n) is 2.19. The SMILES string of the molecule is CN=C(NCCC(=O)NC(C)C)NCC(C)COCc1ccccc1. The molecule has 0 aromatic heterocycles. The van der Waals surface area contributed by atoms with Gasteiger partial charge in [0.2, 0.25) is 5.91 Å². The Morgan fingerprint density at radius 2 is 1.88 bits per heavy atom. The highest BCUT2D eigenvalue weighted by molar-refractivity contribution is 5.81. The van der Waals surface area contributed by atoms with Crippen molar-refractivity contribution >= 4 is 11.9 Å². The number of carbonyl (C=O) groups excluding carboxylic acids is 1. The number of aliphatic imine (C=N–C) groups is 1. The van der Waals surface area contributed by atoms with Crippen molar-refractivity contribution in [3.63, 3.8) is 0 Å². The molecule has 0 aliphatic heterocycles. The average molecular weight is 348 g/mol. The summed E-state index contributed by atoms with van der Waals surface area (Å²) in [5.41, 5.74) is 1.18. The van der Waals surface area contributed by atoms with Crippen LogP contribution >= 0.6 is 0 Å². The molecule has 6 heteroatoms. The van der Waals surface area contributed by atoms with Crippen LogP contribution in [0.2, 0.25) is 0 Å². The van der Waals surface area contributed by atoms with Crippen molar-refractivity contribution in [2.75, 3.05) is 26.7 Å². The van der Waals surface area contributed by atoms with E-state index >= 15 is 0 Å². The van der Waals surface area contributed by atoms with E-state index in [2.05, 4.69) is 40.0 Å². The molecule has 1 atom stereocenters. The Bertz CT molecular complexity index is 517. The van der Waals surface area contributed by atoms with Crippen molar-refractivity contribution in [2.24, 2.45) is 10.9 Å². The molecule has 1 aromatic carbocycles. The quantitative estimate of drug-likeness (QED) is 0.446. The summed E-state index contributed by atoms with van der Waals surface area (Å²) in [5, 5.41) is 9.27. The summed E-state index contributed by atoms with van der Waals surface area (Å²) < 4.78 is 5.74. The van der Waals surface area contributed by atoms with Crippen LogP contribution in [-0.4, -0.2) is 44.7 Å². The van der Waals surface area contributed by atoms with Crippen LogP contribution in [-0.2, 0) is 16.1 Å². The Morgan fingerprint density at radius 3 is 2.52 bits per heavy atom. The third-order valence-corrected chi connectivity index (χ3v) is 3.45. The molecule has 1 amide bonds. The van der Waals surface area contributed by atoms with Gasteiger partial charge < -0.3 is 20.7 Å². The normalized spacial score (nSPS) is 12.8.